The molecule has 0 N–H and O–H groups in total. The number of hydrogen-bond donors (Lipinski definition) is 0. The summed E-state index contributed by atoms with van der Waals surface area (Å²) in [4.78, 5) is 11.9. The van der Waals surface area contributed by atoms with E-state index in [1.165, 1.54) is 25.7 Å². The third kappa shape index (κ3) is 7.33. The van der Waals surface area contributed by atoms with Crippen molar-refractivity contribution < 1.29 is 4.42 Å². The maximum absolute atomic E-state index is 11.9. The molecule has 0 saturated carbocycles. The molecule has 0 aliphatic carbocycles. The van der Waals surface area contributed by atoms with Crippen LogP contribution in [0.1, 0.15) is 78.4 Å². The highest BCUT2D eigenvalue weighted by molar-refractivity contribution is 5.77. The lowest BCUT2D eigenvalue weighted by atomic mass is 10.0. The van der Waals surface area contributed by atoms with Crippen LogP contribution in [-0.4, -0.2) is 0 Å². The van der Waals surface area contributed by atoms with Crippen LogP contribution in [0, 0.1) is 12.8 Å². The van der Waals surface area contributed by atoms with Crippen LogP contribution >= 0.6 is 0 Å². The standard InChI is InChI=1S/C12H12O2.C8H18.C2H6/c1-3-9-7-14-11-5-4-8(2)6-10(11)12(9)13;1-4-6-7-8(3)5-2;1-2/h4-7H,3H2,1-2H3;8H,4-7H2,1-3H3;1-2H3/t;8-;/m.0./s1. The van der Waals surface area contributed by atoms with E-state index in [-0.39, 0.29) is 5.43 Å². The normalized spacial score (nSPS) is 11.1. The Hall–Kier alpha value is -1.57. The van der Waals surface area contributed by atoms with E-state index in [2.05, 4.69) is 20.8 Å². The smallest absolute Gasteiger partial charge is 0.195 e. The van der Waals surface area contributed by atoms with E-state index in [4.69, 9.17) is 4.42 Å². The summed E-state index contributed by atoms with van der Waals surface area (Å²) in [6.45, 7) is 14.8. The molecule has 1 atom stereocenters. The van der Waals surface area contributed by atoms with Crippen molar-refractivity contribution in [3.8, 4) is 0 Å². The van der Waals surface area contributed by atoms with Gasteiger partial charge in [-0.1, -0.05) is 78.9 Å². The van der Waals surface area contributed by atoms with Crippen LogP contribution in [0.3, 0.4) is 0 Å². The highest BCUT2D eigenvalue weighted by atomic mass is 16.3. The lowest BCUT2D eigenvalue weighted by molar-refractivity contribution is 0.492. The van der Waals surface area contributed by atoms with E-state index < -0.39 is 0 Å². The molecule has 136 valence electrons. The molecule has 0 aliphatic rings. The van der Waals surface area contributed by atoms with Crippen LogP contribution in [0.5, 0.6) is 0 Å². The third-order valence-corrected chi connectivity index (χ3v) is 4.13. The van der Waals surface area contributed by atoms with Gasteiger partial charge in [-0.2, -0.15) is 0 Å². The Bertz CT molecular complexity index is 625. The van der Waals surface area contributed by atoms with Crippen LogP contribution in [0.15, 0.2) is 33.7 Å². The molecule has 0 aliphatic heterocycles. The zero-order valence-corrected chi connectivity index (χ0v) is 16.7. The fraction of sp³-hybridized carbons (Fsp3) is 0.591. The molecule has 2 heteroatoms. The molecule has 1 aromatic heterocycles. The minimum Gasteiger partial charge on any atom is -0.464 e. The number of rotatable bonds is 5. The van der Waals surface area contributed by atoms with Gasteiger partial charge < -0.3 is 4.42 Å². The summed E-state index contributed by atoms with van der Waals surface area (Å²) in [7, 11) is 0. The predicted molar refractivity (Wildman–Crippen MR) is 107 cm³/mol. The van der Waals surface area contributed by atoms with Gasteiger partial charge in [0.15, 0.2) is 5.43 Å². The predicted octanol–water partition coefficient (Wildman–Crippen LogP) is 6.91. The van der Waals surface area contributed by atoms with Gasteiger partial charge in [0.25, 0.3) is 0 Å². The number of aryl methyl sites for hydroxylation is 2. The Kier molecular flexibility index (Phi) is 12.0. The van der Waals surface area contributed by atoms with E-state index in [9.17, 15) is 4.79 Å². The topological polar surface area (TPSA) is 30.2 Å². The van der Waals surface area contributed by atoms with Crippen molar-refractivity contribution in [2.45, 2.75) is 80.6 Å². The van der Waals surface area contributed by atoms with Crippen molar-refractivity contribution in [3.05, 3.63) is 45.8 Å². The minimum atomic E-state index is 0.0949. The maximum atomic E-state index is 11.9. The van der Waals surface area contributed by atoms with Gasteiger partial charge in [0.1, 0.15) is 5.58 Å². The first-order valence-electron chi connectivity index (χ1n) is 9.54. The quantitative estimate of drug-likeness (QED) is 0.595. The maximum Gasteiger partial charge on any atom is 0.195 e. The zero-order valence-electron chi connectivity index (χ0n) is 16.7. The molecule has 2 rings (SSSR count). The Balaban J connectivity index is 0.000000456. The van der Waals surface area contributed by atoms with Crippen LogP contribution in [0.25, 0.3) is 11.0 Å². The van der Waals surface area contributed by atoms with Gasteiger partial charge in [0, 0.05) is 5.56 Å². The van der Waals surface area contributed by atoms with Gasteiger partial charge in [-0.25, -0.2) is 0 Å². The first kappa shape index (κ1) is 22.4. The second-order valence-electron chi connectivity index (χ2n) is 6.10. The molecule has 1 heterocycles. The lowest BCUT2D eigenvalue weighted by Gasteiger charge is -2.04. The summed E-state index contributed by atoms with van der Waals surface area (Å²) in [5, 5.41) is 0.685. The van der Waals surface area contributed by atoms with E-state index in [0.29, 0.717) is 17.4 Å². The lowest BCUT2D eigenvalue weighted by Crippen LogP contribution is -2.07. The van der Waals surface area contributed by atoms with Crippen molar-refractivity contribution in [3.63, 3.8) is 0 Å². The summed E-state index contributed by atoms with van der Waals surface area (Å²) in [6, 6.07) is 5.66. The van der Waals surface area contributed by atoms with E-state index >= 15 is 0 Å². The average molecular weight is 333 g/mol. The summed E-state index contributed by atoms with van der Waals surface area (Å²) < 4.78 is 5.37. The molecule has 0 unspecified atom stereocenters. The molecule has 0 fully saturated rings. The summed E-state index contributed by atoms with van der Waals surface area (Å²) in [6.07, 6.45) is 7.80. The molecule has 0 spiro atoms. The molecule has 24 heavy (non-hydrogen) atoms. The minimum absolute atomic E-state index is 0.0949. The molecule has 0 radical (unpaired) electrons. The van der Waals surface area contributed by atoms with Crippen LogP contribution in [-0.2, 0) is 6.42 Å². The summed E-state index contributed by atoms with van der Waals surface area (Å²) >= 11 is 0. The average Bonchev–Trinajstić information content (AvgIpc) is 2.62. The van der Waals surface area contributed by atoms with Gasteiger partial charge in [0.05, 0.1) is 11.6 Å². The fourth-order valence-corrected chi connectivity index (χ4v) is 2.29. The molecule has 2 aromatic rings. The highest BCUT2D eigenvalue weighted by Gasteiger charge is 2.04. The monoisotopic (exact) mass is 332 g/mol. The molecular formula is C22H36O2. The third-order valence-electron chi connectivity index (χ3n) is 4.13. The van der Waals surface area contributed by atoms with Gasteiger partial charge >= 0.3 is 0 Å². The van der Waals surface area contributed by atoms with Crippen molar-refractivity contribution >= 4 is 11.0 Å². The fourth-order valence-electron chi connectivity index (χ4n) is 2.29. The summed E-state index contributed by atoms with van der Waals surface area (Å²) in [5.41, 5.74) is 2.58. The van der Waals surface area contributed by atoms with Crippen LogP contribution in [0.2, 0.25) is 0 Å². The van der Waals surface area contributed by atoms with E-state index in [1.807, 2.05) is 45.9 Å². The molecule has 0 bridgehead atoms. The van der Waals surface area contributed by atoms with Crippen molar-refractivity contribution in [2.24, 2.45) is 5.92 Å². The second kappa shape index (κ2) is 12.8. The Morgan fingerprint density at radius 3 is 2.33 bits per heavy atom. The molecule has 0 amide bonds. The van der Waals surface area contributed by atoms with Crippen LogP contribution in [0.4, 0.5) is 0 Å². The van der Waals surface area contributed by atoms with Crippen molar-refractivity contribution in [1.29, 1.82) is 0 Å². The van der Waals surface area contributed by atoms with Gasteiger partial charge in [0.2, 0.25) is 0 Å². The Labute approximate surface area is 148 Å². The van der Waals surface area contributed by atoms with Gasteiger partial charge in [-0.05, 0) is 31.4 Å². The Morgan fingerprint density at radius 2 is 1.79 bits per heavy atom. The van der Waals surface area contributed by atoms with Gasteiger partial charge in [-0.3, -0.25) is 4.79 Å². The summed E-state index contributed by atoms with van der Waals surface area (Å²) in [5.74, 6) is 0.954. The number of unbranched alkanes of at least 4 members (excludes halogenated alkanes) is 1. The van der Waals surface area contributed by atoms with Crippen molar-refractivity contribution in [2.75, 3.05) is 0 Å². The SMILES string of the molecule is CC.CCCC[C@@H](C)CC.CCc1coc2ccc(C)cc2c1=O. The highest BCUT2D eigenvalue weighted by Crippen LogP contribution is 2.13. The van der Waals surface area contributed by atoms with E-state index in [0.717, 1.165) is 17.0 Å². The van der Waals surface area contributed by atoms with Crippen molar-refractivity contribution in [1.82, 2.24) is 0 Å². The van der Waals surface area contributed by atoms with E-state index in [1.54, 1.807) is 6.26 Å². The van der Waals surface area contributed by atoms with Crippen LogP contribution < -0.4 is 5.43 Å². The first-order chi connectivity index (χ1) is 11.5. The molecule has 2 nitrogen and oxygen atoms in total. The molecule has 1 aromatic carbocycles. The molecular weight excluding hydrogens is 296 g/mol. The largest absolute Gasteiger partial charge is 0.464 e. The number of fused-ring (bicyclic) bond motifs is 1. The zero-order chi connectivity index (χ0) is 18.5. The molecule has 0 saturated heterocycles. The van der Waals surface area contributed by atoms with Gasteiger partial charge in [-0.15, -0.1) is 0 Å². The number of benzene rings is 1. The number of hydrogen-bond acceptors (Lipinski definition) is 2. The second-order valence-corrected chi connectivity index (χ2v) is 6.10. The Morgan fingerprint density at radius 1 is 1.12 bits per heavy atom. The first-order valence-corrected chi connectivity index (χ1v) is 9.54.